The van der Waals surface area contributed by atoms with Gasteiger partial charge in [0.1, 0.15) is 5.76 Å². The van der Waals surface area contributed by atoms with Crippen molar-refractivity contribution >= 4 is 11.4 Å². The van der Waals surface area contributed by atoms with E-state index in [1.165, 1.54) is 5.56 Å². The van der Waals surface area contributed by atoms with Crippen LogP contribution >= 0.6 is 0 Å². The Hall–Kier alpha value is -2.08. The Kier molecular flexibility index (Phi) is 3.94. The van der Waals surface area contributed by atoms with Crippen molar-refractivity contribution in [3.05, 3.63) is 40.1 Å². The predicted octanol–water partition coefficient (Wildman–Crippen LogP) is 3.47. The van der Waals surface area contributed by atoms with E-state index in [0.29, 0.717) is 24.2 Å². The van der Waals surface area contributed by atoms with Crippen LogP contribution < -0.4 is 0 Å². The van der Waals surface area contributed by atoms with E-state index in [0.717, 1.165) is 16.7 Å². The van der Waals surface area contributed by atoms with Gasteiger partial charge in [-0.1, -0.05) is 17.7 Å². The quantitative estimate of drug-likeness (QED) is 0.844. The molecule has 3 heteroatoms. The van der Waals surface area contributed by atoms with E-state index in [1.54, 1.807) is 7.11 Å². The van der Waals surface area contributed by atoms with Gasteiger partial charge in [0.05, 0.1) is 18.8 Å². The molecule has 104 valence electrons. The van der Waals surface area contributed by atoms with Crippen molar-refractivity contribution in [1.29, 1.82) is 5.26 Å². The average molecular weight is 269 g/mol. The lowest BCUT2D eigenvalue weighted by atomic mass is 9.92. The molecule has 1 aromatic carbocycles. The maximum absolute atomic E-state index is 12.4. The molecule has 0 radical (unpaired) electrons. The summed E-state index contributed by atoms with van der Waals surface area (Å²) >= 11 is 0. The molecule has 0 aromatic heterocycles. The topological polar surface area (TPSA) is 50.1 Å². The van der Waals surface area contributed by atoms with E-state index < -0.39 is 0 Å². The zero-order valence-electron chi connectivity index (χ0n) is 12.4. The average Bonchev–Trinajstić information content (AvgIpc) is 2.65. The van der Waals surface area contributed by atoms with Crippen LogP contribution in [0.4, 0.5) is 0 Å². The second kappa shape index (κ2) is 5.50. The highest BCUT2D eigenvalue weighted by Crippen LogP contribution is 2.39. The molecule has 0 saturated carbocycles. The largest absolute Gasteiger partial charge is 0.500 e. The number of methoxy groups -OCH3 is 1. The van der Waals surface area contributed by atoms with Crippen molar-refractivity contribution in [2.75, 3.05) is 7.11 Å². The Morgan fingerprint density at radius 2 is 1.90 bits per heavy atom. The molecule has 1 aliphatic rings. The summed E-state index contributed by atoms with van der Waals surface area (Å²) in [6.45, 7) is 6.07. The number of carbonyl (C=O) groups excluding carboxylic acids is 1. The summed E-state index contributed by atoms with van der Waals surface area (Å²) in [7, 11) is 1.58. The third-order valence-electron chi connectivity index (χ3n) is 3.81. The number of nitrogens with zero attached hydrogens (tertiary/aromatic N) is 1. The Morgan fingerprint density at radius 3 is 2.40 bits per heavy atom. The fourth-order valence-corrected chi connectivity index (χ4v) is 3.14. The number of aryl methyl sites for hydroxylation is 3. The number of allylic oxidation sites excluding steroid dienone is 2. The van der Waals surface area contributed by atoms with Crippen LogP contribution in [0.15, 0.2) is 17.9 Å². The number of rotatable bonds is 3. The van der Waals surface area contributed by atoms with Gasteiger partial charge in [-0.15, -0.1) is 0 Å². The van der Waals surface area contributed by atoms with E-state index in [9.17, 15) is 4.79 Å². The van der Waals surface area contributed by atoms with E-state index in [-0.39, 0.29) is 11.7 Å². The van der Waals surface area contributed by atoms with Crippen LogP contribution in [0.1, 0.15) is 35.1 Å². The molecule has 20 heavy (non-hydrogen) atoms. The monoisotopic (exact) mass is 269 g/mol. The number of carbonyl (C=O) groups is 1. The standard InChI is InChI=1S/C17H19NO2/c1-10-7-11(2)15(12(3)8-10)16-14(19)9-13(5-6-18)17(16)20-4/h7-8,13H,5,9H2,1-4H3. The number of ketones is 1. The first kappa shape index (κ1) is 14.3. The molecule has 1 aromatic rings. The maximum Gasteiger partial charge on any atom is 0.167 e. The normalized spacial score (nSPS) is 18.4. The van der Waals surface area contributed by atoms with Crippen LogP contribution in [-0.2, 0) is 9.53 Å². The first-order valence-corrected chi connectivity index (χ1v) is 6.76. The molecular formula is C17H19NO2. The number of Topliss-reactive ketones (excluding diaryl/α,β-unsaturated/α-hetero) is 1. The zero-order valence-corrected chi connectivity index (χ0v) is 12.4. The summed E-state index contributed by atoms with van der Waals surface area (Å²) in [5.74, 6) is 0.649. The summed E-state index contributed by atoms with van der Waals surface area (Å²) in [6.07, 6.45) is 0.696. The van der Waals surface area contributed by atoms with E-state index in [4.69, 9.17) is 10.00 Å². The fourth-order valence-electron chi connectivity index (χ4n) is 3.14. The van der Waals surface area contributed by atoms with Crippen molar-refractivity contribution in [2.24, 2.45) is 5.92 Å². The van der Waals surface area contributed by atoms with Crippen LogP contribution in [0, 0.1) is 38.0 Å². The second-order valence-corrected chi connectivity index (χ2v) is 5.40. The molecule has 1 aliphatic carbocycles. The van der Waals surface area contributed by atoms with E-state index >= 15 is 0 Å². The highest BCUT2D eigenvalue weighted by atomic mass is 16.5. The van der Waals surface area contributed by atoms with Crippen LogP contribution in [0.5, 0.6) is 0 Å². The highest BCUT2D eigenvalue weighted by Gasteiger charge is 2.35. The second-order valence-electron chi connectivity index (χ2n) is 5.40. The first-order valence-electron chi connectivity index (χ1n) is 6.76. The minimum absolute atomic E-state index is 0.0807. The molecule has 0 bridgehead atoms. The maximum atomic E-state index is 12.4. The van der Waals surface area contributed by atoms with Gasteiger partial charge in [-0.05, 0) is 37.5 Å². The summed E-state index contributed by atoms with van der Waals surface area (Å²) in [6, 6.07) is 6.29. The Morgan fingerprint density at radius 1 is 1.30 bits per heavy atom. The lowest BCUT2D eigenvalue weighted by Gasteiger charge is -2.14. The van der Waals surface area contributed by atoms with Gasteiger partial charge >= 0.3 is 0 Å². The van der Waals surface area contributed by atoms with Crippen molar-refractivity contribution in [1.82, 2.24) is 0 Å². The molecule has 0 N–H and O–H groups in total. The molecule has 1 unspecified atom stereocenters. The van der Waals surface area contributed by atoms with Crippen LogP contribution in [0.25, 0.3) is 5.57 Å². The summed E-state index contributed by atoms with van der Waals surface area (Å²) in [5, 5.41) is 8.89. The van der Waals surface area contributed by atoms with Crippen molar-refractivity contribution in [2.45, 2.75) is 33.6 Å². The Bertz CT molecular complexity index is 612. The van der Waals surface area contributed by atoms with Crippen molar-refractivity contribution < 1.29 is 9.53 Å². The molecule has 0 saturated heterocycles. The minimum atomic E-state index is -0.104. The number of ether oxygens (including phenoxy) is 1. The van der Waals surface area contributed by atoms with Gasteiger partial charge in [0, 0.05) is 18.8 Å². The summed E-state index contributed by atoms with van der Waals surface area (Å²) in [5.41, 5.74) is 4.99. The molecule has 0 spiro atoms. The number of nitriles is 1. The molecule has 3 nitrogen and oxygen atoms in total. The highest BCUT2D eigenvalue weighted by molar-refractivity contribution is 6.24. The molecule has 0 heterocycles. The first-order chi connectivity index (χ1) is 9.49. The van der Waals surface area contributed by atoms with Gasteiger partial charge in [0.2, 0.25) is 0 Å². The smallest absolute Gasteiger partial charge is 0.167 e. The zero-order chi connectivity index (χ0) is 14.9. The molecule has 0 aliphatic heterocycles. The van der Waals surface area contributed by atoms with Crippen LogP contribution in [-0.4, -0.2) is 12.9 Å². The van der Waals surface area contributed by atoms with Gasteiger partial charge in [0.15, 0.2) is 5.78 Å². The number of benzene rings is 1. The lowest BCUT2D eigenvalue weighted by molar-refractivity contribution is -0.113. The number of hydrogen-bond acceptors (Lipinski definition) is 3. The summed E-state index contributed by atoms with van der Waals surface area (Å²) in [4.78, 5) is 12.4. The number of hydrogen-bond donors (Lipinski definition) is 0. The Balaban J connectivity index is 2.63. The minimum Gasteiger partial charge on any atom is -0.500 e. The van der Waals surface area contributed by atoms with Crippen molar-refractivity contribution in [3.63, 3.8) is 0 Å². The molecule has 1 atom stereocenters. The summed E-state index contributed by atoms with van der Waals surface area (Å²) < 4.78 is 5.46. The van der Waals surface area contributed by atoms with E-state index in [2.05, 4.69) is 18.2 Å². The van der Waals surface area contributed by atoms with Gasteiger partial charge in [-0.2, -0.15) is 5.26 Å². The van der Waals surface area contributed by atoms with Crippen molar-refractivity contribution in [3.8, 4) is 6.07 Å². The molecular weight excluding hydrogens is 250 g/mol. The van der Waals surface area contributed by atoms with Gasteiger partial charge in [-0.3, -0.25) is 4.79 Å². The predicted molar refractivity (Wildman–Crippen MR) is 77.9 cm³/mol. The van der Waals surface area contributed by atoms with Gasteiger partial charge in [0.25, 0.3) is 0 Å². The molecule has 0 fully saturated rings. The lowest BCUT2D eigenvalue weighted by Crippen LogP contribution is -2.02. The molecule has 2 rings (SSSR count). The van der Waals surface area contributed by atoms with Crippen LogP contribution in [0.3, 0.4) is 0 Å². The SMILES string of the molecule is COC1=C(c2c(C)cc(C)cc2C)C(=O)CC1CC#N. The van der Waals surface area contributed by atoms with Gasteiger partial charge in [-0.25, -0.2) is 0 Å². The third-order valence-corrected chi connectivity index (χ3v) is 3.81. The van der Waals surface area contributed by atoms with Gasteiger partial charge < -0.3 is 4.74 Å². The fraction of sp³-hybridized carbons (Fsp3) is 0.412. The third kappa shape index (κ3) is 2.34. The molecule has 0 amide bonds. The Labute approximate surface area is 119 Å². The van der Waals surface area contributed by atoms with Crippen LogP contribution in [0.2, 0.25) is 0 Å². The van der Waals surface area contributed by atoms with E-state index in [1.807, 2.05) is 20.8 Å².